The molecular weight excluding hydrogens is 310 g/mol. The van der Waals surface area contributed by atoms with Crippen LogP contribution in [0, 0.1) is 11.3 Å². The zero-order valence-electron chi connectivity index (χ0n) is 13.7. The second kappa shape index (κ2) is 7.81. The number of carbonyl (C=O) groups is 1. The molecule has 2 rings (SSSR count). The van der Waals surface area contributed by atoms with E-state index >= 15 is 0 Å². The smallest absolute Gasteiger partial charge is 0.238 e. The molecule has 0 radical (unpaired) electrons. The minimum atomic E-state index is -0.686. The van der Waals surface area contributed by atoms with Crippen LogP contribution in [0.1, 0.15) is 57.6 Å². The molecule has 1 aromatic rings. The number of nitrogens with one attached hydrogen (secondary N) is 2. The van der Waals surface area contributed by atoms with E-state index < -0.39 is 5.54 Å². The largest absolute Gasteiger partial charge is 0.336 e. The van der Waals surface area contributed by atoms with E-state index in [0.717, 1.165) is 37.7 Å². The Morgan fingerprint density at radius 1 is 1.22 bits per heavy atom. The van der Waals surface area contributed by atoms with Gasteiger partial charge >= 0.3 is 0 Å². The number of benzene rings is 1. The van der Waals surface area contributed by atoms with Crippen molar-refractivity contribution in [1.82, 2.24) is 10.6 Å². The number of hydrogen-bond donors (Lipinski definition) is 2. The summed E-state index contributed by atoms with van der Waals surface area (Å²) in [6, 6.07) is 9.55. The van der Waals surface area contributed by atoms with Gasteiger partial charge in [-0.2, -0.15) is 5.26 Å². The zero-order chi connectivity index (χ0) is 16.9. The van der Waals surface area contributed by atoms with Gasteiger partial charge in [0, 0.05) is 11.1 Å². The van der Waals surface area contributed by atoms with Crippen LogP contribution in [0.25, 0.3) is 0 Å². The number of hydrogen-bond acceptors (Lipinski definition) is 3. The molecule has 2 N–H and O–H groups in total. The summed E-state index contributed by atoms with van der Waals surface area (Å²) in [5, 5.41) is 16.4. The van der Waals surface area contributed by atoms with Crippen molar-refractivity contribution in [1.29, 1.82) is 5.26 Å². The first-order chi connectivity index (χ1) is 11.0. The van der Waals surface area contributed by atoms with Crippen LogP contribution in [0.5, 0.6) is 0 Å². The molecular formula is C18H24ClN3O. The summed E-state index contributed by atoms with van der Waals surface area (Å²) in [4.78, 5) is 12.5. The lowest BCUT2D eigenvalue weighted by Crippen LogP contribution is -2.54. The first-order valence-electron chi connectivity index (χ1n) is 8.20. The van der Waals surface area contributed by atoms with E-state index in [1.165, 1.54) is 0 Å². The molecule has 0 spiro atoms. The summed E-state index contributed by atoms with van der Waals surface area (Å²) in [6.45, 7) is 3.84. The summed E-state index contributed by atoms with van der Waals surface area (Å²) in [5.74, 6) is -0.116. The first-order valence-corrected chi connectivity index (χ1v) is 8.58. The average Bonchev–Trinajstić information content (AvgIpc) is 2.56. The monoisotopic (exact) mass is 333 g/mol. The van der Waals surface area contributed by atoms with Gasteiger partial charge in [-0.05, 0) is 44.4 Å². The van der Waals surface area contributed by atoms with E-state index in [2.05, 4.69) is 16.7 Å². The molecule has 1 aliphatic carbocycles. The van der Waals surface area contributed by atoms with Crippen molar-refractivity contribution in [3.8, 4) is 6.07 Å². The van der Waals surface area contributed by atoms with Gasteiger partial charge in [0.2, 0.25) is 5.91 Å². The normalized spacial score (nSPS) is 19.4. The van der Waals surface area contributed by atoms with Crippen molar-refractivity contribution in [2.45, 2.75) is 63.6 Å². The van der Waals surface area contributed by atoms with Gasteiger partial charge in [-0.3, -0.25) is 10.1 Å². The Kier molecular flexibility index (Phi) is 6.04. The summed E-state index contributed by atoms with van der Waals surface area (Å²) in [6.07, 6.45) is 4.62. The summed E-state index contributed by atoms with van der Waals surface area (Å²) < 4.78 is 0. The maximum absolute atomic E-state index is 12.5. The van der Waals surface area contributed by atoms with Crippen LogP contribution in [-0.2, 0) is 4.79 Å². The molecule has 4 nitrogen and oxygen atoms in total. The summed E-state index contributed by atoms with van der Waals surface area (Å²) in [7, 11) is 0. The third-order valence-electron chi connectivity index (χ3n) is 4.55. The lowest BCUT2D eigenvalue weighted by Gasteiger charge is -2.33. The van der Waals surface area contributed by atoms with E-state index in [1.54, 1.807) is 0 Å². The Labute approximate surface area is 143 Å². The fourth-order valence-corrected chi connectivity index (χ4v) is 3.19. The highest BCUT2D eigenvalue weighted by Gasteiger charge is 2.34. The van der Waals surface area contributed by atoms with Crippen molar-refractivity contribution in [2.24, 2.45) is 0 Å². The molecule has 0 bridgehead atoms. The van der Waals surface area contributed by atoms with Gasteiger partial charge in [0.05, 0.1) is 12.1 Å². The topological polar surface area (TPSA) is 64.9 Å². The number of nitrogens with zero attached hydrogens (tertiary/aromatic N) is 1. The molecule has 0 saturated heterocycles. The van der Waals surface area contributed by atoms with Crippen LogP contribution in [0.3, 0.4) is 0 Å². The van der Waals surface area contributed by atoms with Crippen LogP contribution >= 0.6 is 11.6 Å². The van der Waals surface area contributed by atoms with E-state index in [1.807, 2.05) is 38.1 Å². The molecule has 0 heterocycles. The highest BCUT2D eigenvalue weighted by Crippen LogP contribution is 2.27. The lowest BCUT2D eigenvalue weighted by molar-refractivity contribution is -0.124. The maximum atomic E-state index is 12.5. The highest BCUT2D eigenvalue weighted by atomic mass is 35.5. The predicted molar refractivity (Wildman–Crippen MR) is 92.0 cm³/mol. The molecule has 1 amide bonds. The van der Waals surface area contributed by atoms with Crippen LogP contribution in [0.2, 0.25) is 5.02 Å². The van der Waals surface area contributed by atoms with Crippen LogP contribution in [0.4, 0.5) is 0 Å². The van der Waals surface area contributed by atoms with Gasteiger partial charge < -0.3 is 5.32 Å². The molecule has 1 fully saturated rings. The van der Waals surface area contributed by atoms with Crippen LogP contribution < -0.4 is 10.6 Å². The average molecular weight is 334 g/mol. The van der Waals surface area contributed by atoms with E-state index in [9.17, 15) is 10.1 Å². The predicted octanol–water partition coefficient (Wildman–Crippen LogP) is 3.72. The zero-order valence-corrected chi connectivity index (χ0v) is 14.5. The number of nitriles is 1. The molecule has 0 aliphatic heterocycles. The van der Waals surface area contributed by atoms with Gasteiger partial charge in [-0.1, -0.05) is 43.0 Å². The van der Waals surface area contributed by atoms with Crippen molar-refractivity contribution in [3.63, 3.8) is 0 Å². The number of halogens is 1. The lowest BCUT2D eigenvalue weighted by atomic mass is 9.82. The second-order valence-corrected chi connectivity index (χ2v) is 6.84. The number of amides is 1. The van der Waals surface area contributed by atoms with Gasteiger partial charge in [-0.25, -0.2) is 0 Å². The number of rotatable bonds is 5. The minimum Gasteiger partial charge on any atom is -0.336 e. The molecule has 2 unspecified atom stereocenters. The first kappa shape index (κ1) is 17.8. The van der Waals surface area contributed by atoms with Gasteiger partial charge in [-0.15, -0.1) is 0 Å². The van der Waals surface area contributed by atoms with Crippen LogP contribution in [-0.4, -0.2) is 17.5 Å². The quantitative estimate of drug-likeness (QED) is 0.863. The van der Waals surface area contributed by atoms with E-state index in [-0.39, 0.29) is 18.0 Å². The molecule has 23 heavy (non-hydrogen) atoms. The molecule has 5 heteroatoms. The van der Waals surface area contributed by atoms with Gasteiger partial charge in [0.15, 0.2) is 0 Å². The number of carbonyl (C=O) groups excluding carboxylic acids is 1. The molecule has 1 aliphatic rings. The molecule has 2 atom stereocenters. The standard InChI is InChI=1S/C18H24ClN3O/c1-13(15-6-8-16(19)9-7-15)21-14(2)17(23)22-18(12-20)10-4-3-5-11-18/h6-9,13-14,21H,3-5,10-11H2,1-2H3,(H,22,23). The molecule has 124 valence electrons. The van der Waals surface area contributed by atoms with Gasteiger partial charge in [0.1, 0.15) is 5.54 Å². The molecule has 0 aromatic heterocycles. The molecule has 1 aromatic carbocycles. The van der Waals surface area contributed by atoms with Crippen molar-refractivity contribution >= 4 is 17.5 Å². The third kappa shape index (κ3) is 4.70. The third-order valence-corrected chi connectivity index (χ3v) is 4.80. The molecule has 1 saturated carbocycles. The minimum absolute atomic E-state index is 0.0254. The Hall–Kier alpha value is -1.57. The van der Waals surface area contributed by atoms with E-state index in [4.69, 9.17) is 11.6 Å². The summed E-state index contributed by atoms with van der Waals surface area (Å²) in [5.41, 5.74) is 0.385. The SMILES string of the molecule is CC(NC(C)c1ccc(Cl)cc1)C(=O)NC1(C#N)CCCCC1. The highest BCUT2D eigenvalue weighted by molar-refractivity contribution is 6.30. The van der Waals surface area contributed by atoms with Crippen molar-refractivity contribution < 1.29 is 4.79 Å². The maximum Gasteiger partial charge on any atom is 0.238 e. The Morgan fingerprint density at radius 3 is 2.39 bits per heavy atom. The van der Waals surface area contributed by atoms with Crippen molar-refractivity contribution in [3.05, 3.63) is 34.9 Å². The Balaban J connectivity index is 1.94. The fraction of sp³-hybridized carbons (Fsp3) is 0.556. The fourth-order valence-electron chi connectivity index (χ4n) is 3.06. The van der Waals surface area contributed by atoms with E-state index in [0.29, 0.717) is 5.02 Å². The Bertz CT molecular complexity index is 573. The Morgan fingerprint density at radius 2 is 1.83 bits per heavy atom. The van der Waals surface area contributed by atoms with Crippen molar-refractivity contribution in [2.75, 3.05) is 0 Å². The second-order valence-electron chi connectivity index (χ2n) is 6.41. The summed E-state index contributed by atoms with van der Waals surface area (Å²) >= 11 is 5.90. The van der Waals surface area contributed by atoms with Crippen LogP contribution in [0.15, 0.2) is 24.3 Å². The van der Waals surface area contributed by atoms with Gasteiger partial charge in [0.25, 0.3) is 0 Å².